The van der Waals surface area contributed by atoms with Gasteiger partial charge in [0, 0.05) is 23.9 Å². The van der Waals surface area contributed by atoms with Gasteiger partial charge in [-0.1, -0.05) is 48.5 Å². The van der Waals surface area contributed by atoms with Crippen molar-refractivity contribution in [3.8, 4) is 11.3 Å². The molecule has 2 heterocycles. The van der Waals surface area contributed by atoms with Gasteiger partial charge in [-0.3, -0.25) is 4.79 Å². The Morgan fingerprint density at radius 1 is 1.07 bits per heavy atom. The van der Waals surface area contributed by atoms with Gasteiger partial charge >= 0.3 is 6.18 Å². The summed E-state index contributed by atoms with van der Waals surface area (Å²) in [6.07, 6.45) is -5.31. The molecule has 1 N–H and O–H groups in total. The SMILES string of the molecule is O=C(c1cc(-c2ccccc2)nc2ccccc12)N1CCC(O)(C(F)(F)F)C1. The Kier molecular flexibility index (Phi) is 4.34. The molecule has 1 aromatic heterocycles. The van der Waals surface area contributed by atoms with Crippen LogP contribution in [0.4, 0.5) is 13.2 Å². The van der Waals surface area contributed by atoms with Gasteiger partial charge < -0.3 is 10.0 Å². The zero-order valence-electron chi connectivity index (χ0n) is 14.8. The van der Waals surface area contributed by atoms with Gasteiger partial charge in [0.15, 0.2) is 5.60 Å². The molecule has 3 aromatic rings. The maximum absolute atomic E-state index is 13.1. The van der Waals surface area contributed by atoms with Crippen LogP contribution in [0, 0.1) is 0 Å². The zero-order valence-corrected chi connectivity index (χ0v) is 14.8. The molecule has 2 aromatic carbocycles. The number of rotatable bonds is 2. The summed E-state index contributed by atoms with van der Waals surface area (Å²) in [5, 5.41) is 10.5. The van der Waals surface area contributed by atoms with Gasteiger partial charge in [-0.25, -0.2) is 4.98 Å². The van der Waals surface area contributed by atoms with Gasteiger partial charge in [0.25, 0.3) is 5.91 Å². The molecule has 1 aliphatic heterocycles. The van der Waals surface area contributed by atoms with E-state index in [-0.39, 0.29) is 12.1 Å². The monoisotopic (exact) mass is 386 g/mol. The van der Waals surface area contributed by atoms with Crippen LogP contribution in [0.1, 0.15) is 16.8 Å². The van der Waals surface area contributed by atoms with Crippen molar-refractivity contribution in [2.45, 2.75) is 18.2 Å². The first-order valence-electron chi connectivity index (χ1n) is 8.82. The number of pyridine rings is 1. The second kappa shape index (κ2) is 6.60. The Bertz CT molecular complexity index is 1040. The third kappa shape index (κ3) is 3.11. The topological polar surface area (TPSA) is 53.4 Å². The minimum Gasteiger partial charge on any atom is -0.379 e. The van der Waals surface area contributed by atoms with Crippen LogP contribution in [0.25, 0.3) is 22.2 Å². The van der Waals surface area contributed by atoms with Crippen molar-refractivity contribution in [3.05, 3.63) is 66.2 Å². The fraction of sp³-hybridized carbons (Fsp3) is 0.238. The van der Waals surface area contributed by atoms with Crippen LogP contribution in [0.5, 0.6) is 0 Å². The Labute approximate surface area is 159 Å². The van der Waals surface area contributed by atoms with E-state index in [1.165, 1.54) is 0 Å². The van der Waals surface area contributed by atoms with Crippen molar-refractivity contribution in [1.82, 2.24) is 9.88 Å². The maximum atomic E-state index is 13.1. The molecule has 7 heteroatoms. The fourth-order valence-electron chi connectivity index (χ4n) is 3.48. The maximum Gasteiger partial charge on any atom is 0.419 e. The van der Waals surface area contributed by atoms with Crippen molar-refractivity contribution >= 4 is 16.8 Å². The van der Waals surface area contributed by atoms with Gasteiger partial charge in [-0.15, -0.1) is 0 Å². The lowest BCUT2D eigenvalue weighted by atomic mass is 10.0. The van der Waals surface area contributed by atoms with Crippen LogP contribution >= 0.6 is 0 Å². The molecule has 28 heavy (non-hydrogen) atoms. The summed E-state index contributed by atoms with van der Waals surface area (Å²) >= 11 is 0. The van der Waals surface area contributed by atoms with Crippen LogP contribution in [0.3, 0.4) is 0 Å². The van der Waals surface area contributed by atoms with E-state index >= 15 is 0 Å². The molecule has 1 aliphatic rings. The van der Waals surface area contributed by atoms with Crippen LogP contribution < -0.4 is 0 Å². The number of carbonyl (C=O) groups is 1. The van der Waals surface area contributed by atoms with Crippen molar-refractivity contribution < 1.29 is 23.1 Å². The molecular formula is C21H17F3N2O2. The van der Waals surface area contributed by atoms with Gasteiger partial charge in [0.05, 0.1) is 23.3 Å². The highest BCUT2D eigenvalue weighted by molar-refractivity contribution is 6.07. The number of β-amino-alcohol motifs (C(OH)–C–C–N with tert-alkyl or cyclic N) is 1. The van der Waals surface area contributed by atoms with Crippen LogP contribution in [-0.2, 0) is 0 Å². The quantitative estimate of drug-likeness (QED) is 0.723. The lowest BCUT2D eigenvalue weighted by molar-refractivity contribution is -0.253. The number of fused-ring (bicyclic) bond motifs is 1. The third-order valence-corrected chi connectivity index (χ3v) is 5.08. The van der Waals surface area contributed by atoms with Crippen molar-refractivity contribution in [2.75, 3.05) is 13.1 Å². The average Bonchev–Trinajstić information content (AvgIpc) is 3.11. The molecule has 0 bridgehead atoms. The number of amides is 1. The van der Waals surface area contributed by atoms with E-state index in [1.54, 1.807) is 30.3 Å². The number of alkyl halides is 3. The molecule has 1 amide bonds. The number of para-hydroxylation sites is 1. The van der Waals surface area contributed by atoms with Gasteiger partial charge in [0.2, 0.25) is 0 Å². The van der Waals surface area contributed by atoms with E-state index in [2.05, 4.69) is 4.98 Å². The average molecular weight is 386 g/mol. The minimum atomic E-state index is -4.78. The summed E-state index contributed by atoms with van der Waals surface area (Å²) in [5.74, 6) is -0.545. The number of hydrogen-bond acceptors (Lipinski definition) is 3. The van der Waals surface area contributed by atoms with Crippen molar-refractivity contribution in [2.24, 2.45) is 0 Å². The first-order valence-corrected chi connectivity index (χ1v) is 8.82. The summed E-state index contributed by atoms with van der Waals surface area (Å²) in [7, 11) is 0. The third-order valence-electron chi connectivity index (χ3n) is 5.08. The van der Waals surface area contributed by atoms with Crippen LogP contribution in [-0.4, -0.2) is 45.8 Å². The Morgan fingerprint density at radius 3 is 2.43 bits per heavy atom. The molecule has 4 rings (SSSR count). The number of nitrogens with zero attached hydrogens (tertiary/aromatic N) is 2. The smallest absolute Gasteiger partial charge is 0.379 e. The Hall–Kier alpha value is -2.93. The molecule has 1 unspecified atom stereocenters. The molecule has 0 radical (unpaired) electrons. The first-order chi connectivity index (χ1) is 13.3. The Balaban J connectivity index is 1.77. The van der Waals surface area contributed by atoms with Crippen molar-refractivity contribution in [1.29, 1.82) is 0 Å². The zero-order chi connectivity index (χ0) is 19.9. The van der Waals surface area contributed by atoms with E-state index in [4.69, 9.17) is 0 Å². The molecule has 1 fully saturated rings. The molecule has 0 aliphatic carbocycles. The van der Waals surface area contributed by atoms with E-state index in [9.17, 15) is 23.1 Å². The van der Waals surface area contributed by atoms with Crippen molar-refractivity contribution in [3.63, 3.8) is 0 Å². The fourth-order valence-corrected chi connectivity index (χ4v) is 3.48. The summed E-state index contributed by atoms with van der Waals surface area (Å²) < 4.78 is 39.4. The first kappa shape index (κ1) is 18.4. The number of likely N-dealkylation sites (tertiary alicyclic amines) is 1. The summed E-state index contributed by atoms with van der Waals surface area (Å²) in [4.78, 5) is 18.7. The van der Waals surface area contributed by atoms with E-state index in [0.29, 0.717) is 16.6 Å². The van der Waals surface area contributed by atoms with E-state index in [1.807, 2.05) is 30.3 Å². The van der Waals surface area contributed by atoms with Crippen LogP contribution in [0.15, 0.2) is 60.7 Å². The van der Waals surface area contributed by atoms with Crippen LogP contribution in [0.2, 0.25) is 0 Å². The van der Waals surface area contributed by atoms with E-state index < -0.39 is 30.7 Å². The minimum absolute atomic E-state index is 0.161. The summed E-state index contributed by atoms with van der Waals surface area (Å²) in [6.45, 7) is -0.932. The Morgan fingerprint density at radius 2 is 1.75 bits per heavy atom. The number of carbonyl (C=O) groups excluding carboxylic acids is 1. The molecule has 1 atom stereocenters. The molecule has 0 saturated carbocycles. The van der Waals surface area contributed by atoms with Gasteiger partial charge in [-0.05, 0) is 12.1 Å². The largest absolute Gasteiger partial charge is 0.419 e. The highest BCUT2D eigenvalue weighted by Gasteiger charge is 2.57. The standard InChI is InChI=1S/C21H17F3N2O2/c22-21(23,24)20(28)10-11-26(13-20)19(27)16-12-18(14-6-2-1-3-7-14)25-17-9-5-4-8-15(16)17/h1-9,12,28H,10-11,13H2. The second-order valence-electron chi connectivity index (χ2n) is 6.94. The predicted octanol–water partition coefficient (Wildman–Crippen LogP) is 4.04. The lowest BCUT2D eigenvalue weighted by Gasteiger charge is -2.26. The molecule has 144 valence electrons. The molecule has 1 saturated heterocycles. The predicted molar refractivity (Wildman–Crippen MR) is 98.7 cm³/mol. The highest BCUT2D eigenvalue weighted by atomic mass is 19.4. The van der Waals surface area contributed by atoms with Gasteiger partial charge in [-0.2, -0.15) is 13.2 Å². The number of benzene rings is 2. The number of hydrogen-bond donors (Lipinski definition) is 1. The molecule has 0 spiro atoms. The second-order valence-corrected chi connectivity index (χ2v) is 6.94. The van der Waals surface area contributed by atoms with Gasteiger partial charge in [0.1, 0.15) is 0 Å². The summed E-state index contributed by atoms with van der Waals surface area (Å²) in [5.41, 5.74) is -0.648. The normalized spacial score (nSPS) is 19.9. The lowest BCUT2D eigenvalue weighted by Crippen LogP contribution is -2.48. The number of halogens is 3. The summed E-state index contributed by atoms with van der Waals surface area (Å²) in [6, 6.07) is 17.9. The number of aromatic nitrogens is 1. The highest BCUT2D eigenvalue weighted by Crippen LogP contribution is 2.38. The molecular weight excluding hydrogens is 369 g/mol. The van der Waals surface area contributed by atoms with E-state index in [0.717, 1.165) is 10.5 Å². The molecule has 4 nitrogen and oxygen atoms in total. The number of aliphatic hydroxyl groups is 1.